The summed E-state index contributed by atoms with van der Waals surface area (Å²) < 4.78 is 14.3. The summed E-state index contributed by atoms with van der Waals surface area (Å²) in [5, 5.41) is 1.21. The topological polar surface area (TPSA) is 40.5 Å². The predicted molar refractivity (Wildman–Crippen MR) is 148 cm³/mol. The number of hydrogen-bond donors (Lipinski definition) is 0. The van der Waals surface area contributed by atoms with Gasteiger partial charge in [0.15, 0.2) is 0 Å². The van der Waals surface area contributed by atoms with E-state index in [-0.39, 0.29) is 24.1 Å². The summed E-state index contributed by atoms with van der Waals surface area (Å²) in [6.45, 7) is 12.0. The Morgan fingerprint density at radius 1 is 1.06 bits per heavy atom. The quantitative estimate of drug-likeness (QED) is 0.166. The lowest BCUT2D eigenvalue weighted by Gasteiger charge is -2.22. The van der Waals surface area contributed by atoms with Gasteiger partial charge in [0.25, 0.3) is 0 Å². The highest BCUT2D eigenvalue weighted by molar-refractivity contribution is 5.89. The molecule has 4 nitrogen and oxygen atoms in total. The maximum atomic E-state index is 12.0. The molecule has 3 atom stereocenters. The number of fused-ring (bicyclic) bond motifs is 1. The summed E-state index contributed by atoms with van der Waals surface area (Å²) in [6.07, 6.45) is 7.56. The van der Waals surface area contributed by atoms with Crippen molar-refractivity contribution in [3.05, 3.63) is 65.7 Å². The monoisotopic (exact) mass is 487 g/mol. The molecule has 1 aliphatic carbocycles. The average molecular weight is 488 g/mol. The molecule has 0 aliphatic heterocycles. The fourth-order valence-corrected chi connectivity index (χ4v) is 5.40. The van der Waals surface area contributed by atoms with Crippen LogP contribution in [0.4, 0.5) is 0 Å². The molecule has 1 aromatic heterocycles. The van der Waals surface area contributed by atoms with Crippen LogP contribution < -0.4 is 4.74 Å². The van der Waals surface area contributed by atoms with Crippen molar-refractivity contribution < 1.29 is 14.3 Å². The van der Waals surface area contributed by atoms with Gasteiger partial charge in [0.05, 0.1) is 5.52 Å². The smallest absolute Gasteiger partial charge is 0.333 e. The van der Waals surface area contributed by atoms with Crippen molar-refractivity contribution in [2.24, 2.45) is 13.0 Å². The van der Waals surface area contributed by atoms with E-state index in [4.69, 9.17) is 9.47 Å². The van der Waals surface area contributed by atoms with Gasteiger partial charge >= 0.3 is 5.97 Å². The van der Waals surface area contributed by atoms with Crippen molar-refractivity contribution >= 4 is 16.9 Å². The number of ether oxygens (including phenoxy) is 2. The molecular formula is C32H41NO3. The highest BCUT2D eigenvalue weighted by Gasteiger charge is 2.37. The van der Waals surface area contributed by atoms with Crippen molar-refractivity contribution in [1.29, 1.82) is 0 Å². The van der Waals surface area contributed by atoms with E-state index in [1.165, 1.54) is 47.0 Å². The van der Waals surface area contributed by atoms with Crippen LogP contribution in [-0.4, -0.2) is 22.7 Å². The number of esters is 1. The van der Waals surface area contributed by atoms with Gasteiger partial charge in [-0.05, 0) is 68.4 Å². The Kier molecular flexibility index (Phi) is 8.23. The second-order valence-corrected chi connectivity index (χ2v) is 10.4. The second kappa shape index (κ2) is 11.4. The molecule has 1 saturated carbocycles. The number of carbonyl (C=O) groups excluding carboxylic acids is 1. The molecule has 0 spiro atoms. The molecule has 0 radical (unpaired) electrons. The highest BCUT2D eigenvalue weighted by atomic mass is 16.5. The third-order valence-electron chi connectivity index (χ3n) is 7.72. The van der Waals surface area contributed by atoms with Gasteiger partial charge in [0.1, 0.15) is 18.0 Å². The van der Waals surface area contributed by atoms with E-state index in [9.17, 15) is 4.79 Å². The summed E-state index contributed by atoms with van der Waals surface area (Å²) in [7, 11) is 2.14. The number of aryl methyl sites for hydroxylation is 3. The van der Waals surface area contributed by atoms with E-state index in [1.54, 1.807) is 6.92 Å². The molecule has 3 unspecified atom stereocenters. The van der Waals surface area contributed by atoms with E-state index in [2.05, 4.69) is 81.4 Å². The van der Waals surface area contributed by atoms with Crippen molar-refractivity contribution in [3.8, 4) is 17.0 Å². The highest BCUT2D eigenvalue weighted by Crippen LogP contribution is 2.35. The summed E-state index contributed by atoms with van der Waals surface area (Å²) >= 11 is 0. The van der Waals surface area contributed by atoms with Crippen molar-refractivity contribution in [3.63, 3.8) is 0 Å². The average Bonchev–Trinajstić information content (AvgIpc) is 3.38. The van der Waals surface area contributed by atoms with Gasteiger partial charge in [-0.3, -0.25) is 0 Å². The van der Waals surface area contributed by atoms with E-state index in [1.807, 2.05) is 0 Å². The fraction of sp³-hybridized carbons (Fsp3) is 0.469. The van der Waals surface area contributed by atoms with Gasteiger partial charge in [0.2, 0.25) is 0 Å². The lowest BCUT2D eigenvalue weighted by molar-refractivity contribution is -0.146. The van der Waals surface area contributed by atoms with Crippen LogP contribution >= 0.6 is 0 Å². The SMILES string of the molecule is C=C(C)C(=O)OC1CCC(Oc2ccc3cc(-c4ccc(CCCCC)cc4CC)n(C)c3c2)C1C. The molecule has 4 heteroatoms. The molecule has 3 aromatic rings. The Hall–Kier alpha value is -3.01. The van der Waals surface area contributed by atoms with E-state index >= 15 is 0 Å². The third kappa shape index (κ3) is 5.53. The molecule has 1 aliphatic rings. The summed E-state index contributed by atoms with van der Waals surface area (Å²) in [6, 6.07) is 15.6. The molecular weight excluding hydrogens is 446 g/mol. The van der Waals surface area contributed by atoms with Crippen LogP contribution in [0, 0.1) is 5.92 Å². The maximum Gasteiger partial charge on any atom is 0.333 e. The van der Waals surface area contributed by atoms with E-state index < -0.39 is 0 Å². The Balaban J connectivity index is 1.53. The zero-order chi connectivity index (χ0) is 25.8. The number of rotatable bonds is 10. The molecule has 36 heavy (non-hydrogen) atoms. The summed E-state index contributed by atoms with van der Waals surface area (Å²) in [4.78, 5) is 12.0. The maximum absolute atomic E-state index is 12.0. The zero-order valence-corrected chi connectivity index (χ0v) is 22.6. The number of carbonyl (C=O) groups is 1. The first kappa shape index (κ1) is 26.1. The van der Waals surface area contributed by atoms with Crippen LogP contribution in [0.1, 0.15) is 70.9 Å². The van der Waals surface area contributed by atoms with Crippen LogP contribution in [0.3, 0.4) is 0 Å². The molecule has 0 amide bonds. The number of nitrogens with zero attached hydrogens (tertiary/aromatic N) is 1. The van der Waals surface area contributed by atoms with Crippen molar-refractivity contribution in [2.45, 2.75) is 84.8 Å². The second-order valence-electron chi connectivity index (χ2n) is 10.4. The van der Waals surface area contributed by atoms with Gasteiger partial charge < -0.3 is 14.0 Å². The first-order valence-corrected chi connectivity index (χ1v) is 13.6. The van der Waals surface area contributed by atoms with Crippen LogP contribution in [0.2, 0.25) is 0 Å². The number of unbranched alkanes of at least 4 members (excludes halogenated alkanes) is 2. The number of aromatic nitrogens is 1. The van der Waals surface area contributed by atoms with E-state index in [0.717, 1.165) is 36.9 Å². The normalized spacial score (nSPS) is 19.5. The number of benzene rings is 2. The zero-order valence-electron chi connectivity index (χ0n) is 22.6. The predicted octanol–water partition coefficient (Wildman–Crippen LogP) is 7.81. The molecule has 192 valence electrons. The van der Waals surface area contributed by atoms with Crippen LogP contribution in [0.25, 0.3) is 22.2 Å². The largest absolute Gasteiger partial charge is 0.490 e. The van der Waals surface area contributed by atoms with Gasteiger partial charge in [-0.15, -0.1) is 0 Å². The molecule has 2 aromatic carbocycles. The Labute approximate surface area is 216 Å². The first-order chi connectivity index (χ1) is 17.3. The van der Waals surface area contributed by atoms with E-state index in [0.29, 0.717) is 5.57 Å². The van der Waals surface area contributed by atoms with Crippen molar-refractivity contribution in [1.82, 2.24) is 4.57 Å². The minimum Gasteiger partial charge on any atom is -0.490 e. The van der Waals surface area contributed by atoms with Crippen LogP contribution in [0.15, 0.2) is 54.6 Å². The van der Waals surface area contributed by atoms with Gasteiger partial charge in [-0.25, -0.2) is 4.79 Å². The minimum absolute atomic E-state index is 0.0251. The lowest BCUT2D eigenvalue weighted by atomic mass is 9.97. The Morgan fingerprint density at radius 3 is 2.56 bits per heavy atom. The van der Waals surface area contributed by atoms with Crippen LogP contribution in [-0.2, 0) is 29.4 Å². The molecule has 0 saturated heterocycles. The summed E-state index contributed by atoms with van der Waals surface area (Å²) in [5.74, 6) is 0.683. The third-order valence-corrected chi connectivity index (χ3v) is 7.72. The van der Waals surface area contributed by atoms with Crippen LogP contribution in [0.5, 0.6) is 5.75 Å². The molecule has 0 bridgehead atoms. The molecule has 4 rings (SSSR count). The molecule has 0 N–H and O–H groups in total. The Morgan fingerprint density at radius 2 is 1.83 bits per heavy atom. The fourth-order valence-electron chi connectivity index (χ4n) is 5.40. The van der Waals surface area contributed by atoms with Gasteiger partial charge in [-0.1, -0.05) is 58.4 Å². The molecule has 1 fully saturated rings. The summed E-state index contributed by atoms with van der Waals surface area (Å²) in [5.41, 5.74) is 6.99. The first-order valence-electron chi connectivity index (χ1n) is 13.6. The van der Waals surface area contributed by atoms with Crippen molar-refractivity contribution in [2.75, 3.05) is 0 Å². The minimum atomic E-state index is -0.314. The number of hydrogen-bond acceptors (Lipinski definition) is 3. The van der Waals surface area contributed by atoms with Gasteiger partial charge in [-0.2, -0.15) is 0 Å². The Bertz CT molecular complexity index is 1240. The standard InChI is InChI=1S/C32H41NO3/c1-7-9-10-11-23-12-15-27(24(8-2)18-23)29-19-25-13-14-26(20-28(25)33(29)6)35-30-16-17-31(22(30)5)36-32(34)21(3)4/h12-15,18-20,22,30-31H,3,7-11,16-17H2,1-2,4-6H3. The van der Waals surface area contributed by atoms with Gasteiger partial charge in [0, 0.05) is 41.2 Å². The lowest BCUT2D eigenvalue weighted by Crippen LogP contribution is -2.28. The molecule has 1 heterocycles.